The Morgan fingerprint density at radius 3 is 2.70 bits per heavy atom. The van der Waals surface area contributed by atoms with Crippen molar-refractivity contribution >= 4 is 10.2 Å². The lowest BCUT2D eigenvalue weighted by Gasteiger charge is -2.35. The predicted octanol–water partition coefficient (Wildman–Crippen LogP) is 0.462. The number of piperidine rings is 1. The van der Waals surface area contributed by atoms with E-state index in [9.17, 15) is 8.42 Å². The summed E-state index contributed by atoms with van der Waals surface area (Å²) in [6, 6.07) is 0.697. The normalized spacial score (nSPS) is 26.6. The van der Waals surface area contributed by atoms with Gasteiger partial charge in [-0.1, -0.05) is 6.42 Å². The highest BCUT2D eigenvalue weighted by atomic mass is 32.2. The van der Waals surface area contributed by atoms with Crippen molar-refractivity contribution in [3.05, 3.63) is 0 Å². The molecule has 0 spiro atoms. The highest BCUT2D eigenvalue weighted by molar-refractivity contribution is 7.87. The summed E-state index contributed by atoms with van der Waals surface area (Å²) in [6.45, 7) is 3.56. The second-order valence-corrected chi connectivity index (χ2v) is 7.55. The first kappa shape index (κ1) is 16.2. The second kappa shape index (κ2) is 7.17. The smallest absolute Gasteiger partial charge is 0.279 e. The maximum Gasteiger partial charge on any atom is 0.279 e. The van der Waals surface area contributed by atoms with Gasteiger partial charge in [0.25, 0.3) is 10.2 Å². The van der Waals surface area contributed by atoms with E-state index in [1.807, 2.05) is 6.92 Å². The Labute approximate surface area is 122 Å². The minimum Gasteiger partial charge on any atom is -0.380 e. The van der Waals surface area contributed by atoms with Crippen LogP contribution in [-0.2, 0) is 14.9 Å². The number of hydrogen-bond donors (Lipinski definition) is 2. The molecule has 20 heavy (non-hydrogen) atoms. The molecule has 0 bridgehead atoms. The zero-order valence-corrected chi connectivity index (χ0v) is 13.3. The first-order valence-corrected chi connectivity index (χ1v) is 8.99. The van der Waals surface area contributed by atoms with Gasteiger partial charge in [-0.15, -0.1) is 0 Å². The lowest BCUT2D eigenvalue weighted by Crippen LogP contribution is -2.53. The van der Waals surface area contributed by atoms with Crippen molar-refractivity contribution in [3.63, 3.8) is 0 Å². The fraction of sp³-hybridized carbons (Fsp3) is 1.00. The molecule has 0 amide bonds. The van der Waals surface area contributed by atoms with E-state index in [0.717, 1.165) is 25.8 Å². The van der Waals surface area contributed by atoms with Crippen LogP contribution < -0.4 is 10.0 Å². The molecule has 2 rings (SSSR count). The van der Waals surface area contributed by atoms with E-state index in [2.05, 4.69) is 10.0 Å². The molecule has 1 heterocycles. The van der Waals surface area contributed by atoms with E-state index in [0.29, 0.717) is 19.1 Å². The lowest BCUT2D eigenvalue weighted by atomic mass is 10.1. The van der Waals surface area contributed by atoms with Crippen molar-refractivity contribution in [1.82, 2.24) is 14.3 Å². The van der Waals surface area contributed by atoms with E-state index in [-0.39, 0.29) is 12.1 Å². The molecular formula is C13H27N3O3S. The quantitative estimate of drug-likeness (QED) is 0.683. The molecular weight excluding hydrogens is 278 g/mol. The summed E-state index contributed by atoms with van der Waals surface area (Å²) in [6.07, 6.45) is 5.34. The second-order valence-electron chi connectivity index (χ2n) is 5.84. The lowest BCUT2D eigenvalue weighted by molar-refractivity contribution is 0.121. The summed E-state index contributed by atoms with van der Waals surface area (Å²) in [5.41, 5.74) is 0. The molecule has 6 nitrogen and oxygen atoms in total. The molecule has 2 unspecified atom stereocenters. The van der Waals surface area contributed by atoms with E-state index in [1.165, 1.54) is 12.8 Å². The number of rotatable bonds is 8. The van der Waals surface area contributed by atoms with Crippen molar-refractivity contribution < 1.29 is 13.2 Å². The molecule has 7 heteroatoms. The predicted molar refractivity (Wildman–Crippen MR) is 78.8 cm³/mol. The van der Waals surface area contributed by atoms with Crippen LogP contribution in [0, 0.1) is 0 Å². The summed E-state index contributed by atoms with van der Waals surface area (Å²) in [7, 11) is -1.82. The first-order valence-electron chi connectivity index (χ1n) is 7.55. The Hall–Kier alpha value is -0.210. The third-order valence-electron chi connectivity index (χ3n) is 4.06. The van der Waals surface area contributed by atoms with Crippen molar-refractivity contribution in [3.8, 4) is 0 Å². The van der Waals surface area contributed by atoms with Crippen LogP contribution >= 0.6 is 0 Å². The number of nitrogens with zero attached hydrogens (tertiary/aromatic N) is 1. The van der Waals surface area contributed by atoms with E-state index < -0.39 is 10.2 Å². The molecule has 1 saturated carbocycles. The van der Waals surface area contributed by atoms with Gasteiger partial charge in [0.2, 0.25) is 0 Å². The maximum atomic E-state index is 12.4. The average Bonchev–Trinajstić information content (AvgIpc) is 3.27. The van der Waals surface area contributed by atoms with Crippen molar-refractivity contribution in [2.75, 3.05) is 26.7 Å². The van der Waals surface area contributed by atoms with Crippen molar-refractivity contribution in [1.29, 1.82) is 0 Å². The Morgan fingerprint density at radius 1 is 1.30 bits per heavy atom. The van der Waals surface area contributed by atoms with Crippen molar-refractivity contribution in [2.24, 2.45) is 0 Å². The number of ether oxygens (including phenoxy) is 1. The van der Waals surface area contributed by atoms with Gasteiger partial charge in [0, 0.05) is 38.8 Å². The molecule has 2 fully saturated rings. The van der Waals surface area contributed by atoms with Gasteiger partial charge in [0.1, 0.15) is 0 Å². The topological polar surface area (TPSA) is 70.7 Å². The average molecular weight is 305 g/mol. The Kier molecular flexibility index (Phi) is 5.80. The molecule has 1 aliphatic heterocycles. The van der Waals surface area contributed by atoms with Gasteiger partial charge in [0.05, 0.1) is 6.10 Å². The molecule has 0 aromatic heterocycles. The monoisotopic (exact) mass is 305 g/mol. The van der Waals surface area contributed by atoms with E-state index in [4.69, 9.17) is 4.74 Å². The molecule has 0 aromatic carbocycles. The molecule has 2 atom stereocenters. The molecule has 118 valence electrons. The van der Waals surface area contributed by atoms with E-state index >= 15 is 0 Å². The van der Waals surface area contributed by atoms with Gasteiger partial charge in [-0.05, 0) is 32.6 Å². The van der Waals surface area contributed by atoms with Crippen LogP contribution in [0.15, 0.2) is 0 Å². The summed E-state index contributed by atoms with van der Waals surface area (Å²) >= 11 is 0. The molecule has 1 saturated heterocycles. The Bertz CT molecular complexity index is 398. The zero-order chi connectivity index (χ0) is 14.6. The van der Waals surface area contributed by atoms with Crippen LogP contribution in [0.4, 0.5) is 0 Å². The zero-order valence-electron chi connectivity index (χ0n) is 12.5. The van der Waals surface area contributed by atoms with Gasteiger partial charge >= 0.3 is 0 Å². The summed E-state index contributed by atoms with van der Waals surface area (Å²) in [4.78, 5) is 0. The van der Waals surface area contributed by atoms with Crippen LogP contribution in [0.25, 0.3) is 0 Å². The van der Waals surface area contributed by atoms with Gasteiger partial charge in [0.15, 0.2) is 0 Å². The van der Waals surface area contributed by atoms with Crippen LogP contribution in [0.3, 0.4) is 0 Å². The summed E-state index contributed by atoms with van der Waals surface area (Å²) < 4.78 is 34.2. The fourth-order valence-corrected chi connectivity index (χ4v) is 4.03. The maximum absolute atomic E-state index is 12.4. The van der Waals surface area contributed by atoms with Gasteiger partial charge in [-0.3, -0.25) is 0 Å². The first-order chi connectivity index (χ1) is 9.53. The third-order valence-corrected chi connectivity index (χ3v) is 5.69. The molecule has 0 aromatic rings. The largest absolute Gasteiger partial charge is 0.380 e. The molecule has 1 aliphatic carbocycles. The van der Waals surface area contributed by atoms with Gasteiger partial charge in [-0.2, -0.15) is 17.4 Å². The minimum absolute atomic E-state index is 0.0831. The molecule has 0 radical (unpaired) electrons. The van der Waals surface area contributed by atoms with Crippen molar-refractivity contribution in [2.45, 2.75) is 57.2 Å². The summed E-state index contributed by atoms with van der Waals surface area (Å²) in [5.74, 6) is 0. The summed E-state index contributed by atoms with van der Waals surface area (Å²) in [5, 5.41) is 3.45. The molecule has 2 aliphatic rings. The third kappa shape index (κ3) is 4.66. The molecule has 2 N–H and O–H groups in total. The highest BCUT2D eigenvalue weighted by Gasteiger charge is 2.33. The van der Waals surface area contributed by atoms with Crippen LogP contribution in [0.5, 0.6) is 0 Å². The SMILES string of the molecule is COC(C)CNS(=O)(=O)N1CCCCC1CNC1CC1. The number of hydrogen-bond acceptors (Lipinski definition) is 4. The number of methoxy groups -OCH3 is 1. The van der Waals surface area contributed by atoms with Crippen LogP contribution in [0.2, 0.25) is 0 Å². The minimum atomic E-state index is -3.40. The Morgan fingerprint density at radius 2 is 2.05 bits per heavy atom. The van der Waals surface area contributed by atoms with Crippen LogP contribution in [0.1, 0.15) is 39.0 Å². The number of nitrogens with one attached hydrogen (secondary N) is 2. The standard InChI is InChI=1S/C13H27N3O3S/c1-11(19-2)9-15-20(17,18)16-8-4-3-5-13(16)10-14-12-6-7-12/h11-15H,3-10H2,1-2H3. The van der Waals surface area contributed by atoms with Crippen LogP contribution in [-0.4, -0.2) is 57.7 Å². The van der Waals surface area contributed by atoms with Gasteiger partial charge < -0.3 is 10.1 Å². The fourth-order valence-electron chi connectivity index (χ4n) is 2.47. The van der Waals surface area contributed by atoms with Gasteiger partial charge in [-0.25, -0.2) is 0 Å². The highest BCUT2D eigenvalue weighted by Crippen LogP contribution is 2.22. The Balaban J connectivity index is 1.90. The van der Waals surface area contributed by atoms with E-state index in [1.54, 1.807) is 11.4 Å².